The van der Waals surface area contributed by atoms with E-state index in [1.807, 2.05) is 13.8 Å². The van der Waals surface area contributed by atoms with Crippen LogP contribution in [0.1, 0.15) is 54.6 Å². The Labute approximate surface area is 204 Å². The van der Waals surface area contributed by atoms with Gasteiger partial charge in [0.25, 0.3) is 0 Å². The average Bonchev–Trinajstić information content (AvgIpc) is 2.79. The van der Waals surface area contributed by atoms with E-state index in [-0.39, 0.29) is 11.6 Å². The molecule has 0 spiro atoms. The fourth-order valence-corrected chi connectivity index (χ4v) is 5.49. The predicted molar refractivity (Wildman–Crippen MR) is 134 cm³/mol. The van der Waals surface area contributed by atoms with Crippen LogP contribution in [-0.2, 0) is 6.18 Å². The number of nitrogens with one attached hydrogen (secondary N) is 1. The van der Waals surface area contributed by atoms with E-state index in [4.69, 9.17) is 0 Å². The monoisotopic (exact) mass is 483 g/mol. The standard InChI is InChI=1S/C27H32F3N5/c1-17-22(6-4-7-25(17)27(28,29)30)18(2)31-26-24-16-21(8-9-23(24)19(3)32-33-26)35-14-10-20(11-15-35)34-12-5-13-34/h4,6-9,16,18,20H,5,10-15H2,1-3H3,(H,31,33)/t18-/m1/s1. The number of hydrogen-bond acceptors (Lipinski definition) is 5. The third-order valence-corrected chi connectivity index (χ3v) is 7.69. The Morgan fingerprint density at radius 3 is 2.37 bits per heavy atom. The van der Waals surface area contributed by atoms with E-state index in [9.17, 15) is 13.2 Å². The van der Waals surface area contributed by atoms with Crippen molar-refractivity contribution in [2.75, 3.05) is 36.4 Å². The molecule has 0 bridgehead atoms. The first-order chi connectivity index (χ1) is 16.7. The Kier molecular flexibility index (Phi) is 6.34. The molecule has 0 aliphatic carbocycles. The highest BCUT2D eigenvalue weighted by atomic mass is 19.4. The molecule has 0 unspecified atom stereocenters. The Morgan fingerprint density at radius 1 is 0.971 bits per heavy atom. The lowest BCUT2D eigenvalue weighted by Gasteiger charge is -2.43. The number of aryl methyl sites for hydroxylation is 1. The summed E-state index contributed by atoms with van der Waals surface area (Å²) in [5.74, 6) is 0.590. The van der Waals surface area contributed by atoms with Gasteiger partial charge in [-0.15, -0.1) is 5.10 Å². The maximum Gasteiger partial charge on any atom is 0.416 e. The molecule has 3 heterocycles. The molecule has 0 saturated carbocycles. The molecule has 2 saturated heterocycles. The number of likely N-dealkylation sites (tertiary alicyclic amines) is 1. The van der Waals surface area contributed by atoms with Gasteiger partial charge in [-0.2, -0.15) is 18.3 Å². The van der Waals surface area contributed by atoms with Gasteiger partial charge in [-0.3, -0.25) is 0 Å². The Morgan fingerprint density at radius 2 is 1.71 bits per heavy atom. The summed E-state index contributed by atoms with van der Waals surface area (Å²) in [6.07, 6.45) is -0.723. The van der Waals surface area contributed by atoms with Gasteiger partial charge in [-0.25, -0.2) is 0 Å². The lowest BCUT2D eigenvalue weighted by Crippen LogP contribution is -2.50. The second kappa shape index (κ2) is 9.30. The zero-order chi connectivity index (χ0) is 24.7. The van der Waals surface area contributed by atoms with Crippen molar-refractivity contribution in [1.29, 1.82) is 0 Å². The van der Waals surface area contributed by atoms with Crippen molar-refractivity contribution in [2.24, 2.45) is 0 Å². The van der Waals surface area contributed by atoms with Crippen molar-refractivity contribution in [2.45, 2.75) is 58.3 Å². The van der Waals surface area contributed by atoms with Crippen LogP contribution in [0.5, 0.6) is 0 Å². The second-order valence-electron chi connectivity index (χ2n) is 9.86. The van der Waals surface area contributed by atoms with Crippen LogP contribution < -0.4 is 10.2 Å². The van der Waals surface area contributed by atoms with Crippen LogP contribution in [-0.4, -0.2) is 47.3 Å². The Bertz CT molecular complexity index is 1210. The molecule has 3 aromatic rings. The number of alkyl halides is 3. The maximum absolute atomic E-state index is 13.4. The quantitative estimate of drug-likeness (QED) is 0.474. The lowest BCUT2D eigenvalue weighted by atomic mass is 9.97. The third-order valence-electron chi connectivity index (χ3n) is 7.69. The van der Waals surface area contributed by atoms with Gasteiger partial charge in [-0.1, -0.05) is 18.2 Å². The van der Waals surface area contributed by atoms with Gasteiger partial charge in [0.1, 0.15) is 0 Å². The number of aromatic nitrogens is 2. The summed E-state index contributed by atoms with van der Waals surface area (Å²) in [7, 11) is 0. The molecule has 5 rings (SSSR count). The van der Waals surface area contributed by atoms with Gasteiger partial charge in [0.05, 0.1) is 17.3 Å². The fourth-order valence-electron chi connectivity index (χ4n) is 5.49. The minimum atomic E-state index is -4.38. The molecule has 2 aliphatic rings. The predicted octanol–water partition coefficient (Wildman–Crippen LogP) is 6.11. The van der Waals surface area contributed by atoms with Crippen LogP contribution >= 0.6 is 0 Å². The average molecular weight is 484 g/mol. The summed E-state index contributed by atoms with van der Waals surface area (Å²) in [6, 6.07) is 11.0. The smallest absolute Gasteiger partial charge is 0.371 e. The maximum atomic E-state index is 13.4. The summed E-state index contributed by atoms with van der Waals surface area (Å²) >= 11 is 0. The molecule has 2 aliphatic heterocycles. The number of fused-ring (bicyclic) bond motifs is 1. The van der Waals surface area contributed by atoms with E-state index in [0.29, 0.717) is 17.4 Å². The van der Waals surface area contributed by atoms with Crippen LogP contribution in [0, 0.1) is 13.8 Å². The lowest BCUT2D eigenvalue weighted by molar-refractivity contribution is -0.138. The summed E-state index contributed by atoms with van der Waals surface area (Å²) in [6.45, 7) is 9.82. The molecule has 0 amide bonds. The molecule has 1 N–H and O–H groups in total. The number of rotatable bonds is 5. The fraction of sp³-hybridized carbons (Fsp3) is 0.481. The van der Waals surface area contributed by atoms with Crippen LogP contribution in [0.25, 0.3) is 10.8 Å². The van der Waals surface area contributed by atoms with Gasteiger partial charge >= 0.3 is 6.18 Å². The number of hydrogen-bond donors (Lipinski definition) is 1. The van der Waals surface area contributed by atoms with Gasteiger partial charge in [0.15, 0.2) is 5.82 Å². The number of nitrogens with zero attached hydrogens (tertiary/aromatic N) is 4. The highest BCUT2D eigenvalue weighted by molar-refractivity contribution is 5.95. The highest BCUT2D eigenvalue weighted by Gasteiger charge is 2.33. The highest BCUT2D eigenvalue weighted by Crippen LogP contribution is 2.36. The van der Waals surface area contributed by atoms with Crippen molar-refractivity contribution < 1.29 is 13.2 Å². The van der Waals surface area contributed by atoms with Gasteiger partial charge in [-0.05, 0) is 82.4 Å². The first kappa shape index (κ1) is 23.9. The summed E-state index contributed by atoms with van der Waals surface area (Å²) in [4.78, 5) is 5.02. The van der Waals surface area contributed by atoms with E-state index in [0.717, 1.165) is 41.3 Å². The number of anilines is 2. The summed E-state index contributed by atoms with van der Waals surface area (Å²) in [5, 5.41) is 14.0. The Hall–Kier alpha value is -2.87. The zero-order valence-electron chi connectivity index (χ0n) is 20.5. The number of halogens is 3. The molecule has 8 heteroatoms. The van der Waals surface area contributed by atoms with Crippen LogP contribution in [0.3, 0.4) is 0 Å². The molecule has 2 aromatic carbocycles. The topological polar surface area (TPSA) is 44.3 Å². The second-order valence-corrected chi connectivity index (χ2v) is 9.86. The largest absolute Gasteiger partial charge is 0.416 e. The molecule has 35 heavy (non-hydrogen) atoms. The molecule has 5 nitrogen and oxygen atoms in total. The first-order valence-corrected chi connectivity index (χ1v) is 12.4. The van der Waals surface area contributed by atoms with Crippen molar-refractivity contribution in [3.8, 4) is 0 Å². The minimum Gasteiger partial charge on any atom is -0.371 e. The summed E-state index contributed by atoms with van der Waals surface area (Å²) < 4.78 is 40.3. The number of piperidine rings is 1. The zero-order valence-corrected chi connectivity index (χ0v) is 20.5. The molecular weight excluding hydrogens is 451 g/mol. The first-order valence-electron chi connectivity index (χ1n) is 12.4. The van der Waals surface area contributed by atoms with Gasteiger partial charge < -0.3 is 15.1 Å². The van der Waals surface area contributed by atoms with Crippen LogP contribution in [0.15, 0.2) is 36.4 Å². The SMILES string of the molecule is Cc1c([C@@H](C)Nc2nnc(C)c3ccc(N4CCC(N5CCC5)CC4)cc23)cccc1C(F)(F)F. The van der Waals surface area contributed by atoms with E-state index < -0.39 is 11.7 Å². The van der Waals surface area contributed by atoms with E-state index in [1.165, 1.54) is 45.3 Å². The molecular formula is C27H32F3N5. The van der Waals surface area contributed by atoms with Crippen molar-refractivity contribution in [3.05, 3.63) is 58.8 Å². The van der Waals surface area contributed by atoms with E-state index in [2.05, 4.69) is 43.5 Å². The van der Waals surface area contributed by atoms with Gasteiger partial charge in [0.2, 0.25) is 0 Å². The molecule has 1 atom stereocenters. The number of benzene rings is 2. The van der Waals surface area contributed by atoms with Crippen LogP contribution in [0.2, 0.25) is 0 Å². The van der Waals surface area contributed by atoms with Crippen molar-refractivity contribution >= 4 is 22.3 Å². The molecule has 0 radical (unpaired) electrons. The third kappa shape index (κ3) is 4.68. The molecule has 2 fully saturated rings. The normalized spacial score (nSPS) is 18.5. The van der Waals surface area contributed by atoms with Crippen LogP contribution in [0.4, 0.5) is 24.7 Å². The van der Waals surface area contributed by atoms with Crippen molar-refractivity contribution in [1.82, 2.24) is 15.1 Å². The van der Waals surface area contributed by atoms with E-state index >= 15 is 0 Å². The minimum absolute atomic E-state index is 0.232. The van der Waals surface area contributed by atoms with Crippen molar-refractivity contribution in [3.63, 3.8) is 0 Å². The molecule has 186 valence electrons. The Balaban J connectivity index is 1.41. The van der Waals surface area contributed by atoms with Gasteiger partial charge in [0, 0.05) is 35.6 Å². The molecule has 1 aromatic heterocycles. The summed E-state index contributed by atoms with van der Waals surface area (Å²) in [5.41, 5.74) is 2.21. The van der Waals surface area contributed by atoms with E-state index in [1.54, 1.807) is 6.07 Å².